The van der Waals surface area contributed by atoms with Gasteiger partial charge in [-0.2, -0.15) is 0 Å². The minimum Gasteiger partial charge on any atom is -0.497 e. The number of ether oxygens (including phenoxy) is 1. The minimum atomic E-state index is -0.420. The first-order valence-electron chi connectivity index (χ1n) is 9.18. The van der Waals surface area contributed by atoms with Crippen LogP contribution in [0.3, 0.4) is 0 Å². The van der Waals surface area contributed by atoms with Gasteiger partial charge >= 0.3 is 0 Å². The summed E-state index contributed by atoms with van der Waals surface area (Å²) in [6, 6.07) is 17.7. The molecular formula is C21H21N3O3S. The van der Waals surface area contributed by atoms with E-state index in [1.807, 2.05) is 54.6 Å². The van der Waals surface area contributed by atoms with Crippen LogP contribution in [0, 0.1) is 0 Å². The predicted octanol–water partition coefficient (Wildman–Crippen LogP) is 3.78. The Balaban J connectivity index is 1.46. The molecule has 1 atom stereocenters. The third-order valence-electron chi connectivity index (χ3n) is 4.45. The number of rotatable bonds is 8. The third-order valence-corrected chi connectivity index (χ3v) is 5.53. The molecule has 1 N–H and O–H groups in total. The van der Waals surface area contributed by atoms with Gasteiger partial charge < -0.3 is 14.5 Å². The van der Waals surface area contributed by atoms with E-state index in [0.29, 0.717) is 23.6 Å². The highest BCUT2D eigenvalue weighted by molar-refractivity contribution is 8.00. The molecule has 1 heterocycles. The van der Waals surface area contributed by atoms with Gasteiger partial charge in [0.25, 0.3) is 5.22 Å². The van der Waals surface area contributed by atoms with Crippen LogP contribution < -0.4 is 10.1 Å². The molecule has 0 aliphatic heterocycles. The number of thioether (sulfide) groups is 1. The van der Waals surface area contributed by atoms with Crippen LogP contribution in [0.25, 0.3) is 0 Å². The van der Waals surface area contributed by atoms with Crippen LogP contribution in [0.15, 0.2) is 64.2 Å². The standard InChI is InChI=1S/C21H21N3O3S/c1-26-17-11-7-14(8-12-17)13-18-23-24-21(27-18)28-19(15-5-3-2-4-6-15)20(25)22-16-9-10-16/h2-8,11-12,16,19H,9-10,13H2,1H3,(H,22,25). The maximum atomic E-state index is 12.7. The molecule has 144 valence electrons. The smallest absolute Gasteiger partial charge is 0.277 e. The molecule has 0 radical (unpaired) electrons. The zero-order valence-electron chi connectivity index (χ0n) is 15.5. The molecule has 3 aromatic rings. The lowest BCUT2D eigenvalue weighted by Crippen LogP contribution is -2.29. The number of methoxy groups -OCH3 is 1. The molecular weight excluding hydrogens is 374 g/mol. The Labute approximate surface area is 167 Å². The molecule has 0 spiro atoms. The van der Waals surface area contributed by atoms with Crippen molar-refractivity contribution in [3.8, 4) is 5.75 Å². The first kappa shape index (κ1) is 18.6. The van der Waals surface area contributed by atoms with Crippen molar-refractivity contribution in [1.29, 1.82) is 0 Å². The van der Waals surface area contributed by atoms with Gasteiger partial charge in [0.15, 0.2) is 0 Å². The van der Waals surface area contributed by atoms with Crippen molar-refractivity contribution in [2.24, 2.45) is 0 Å². The van der Waals surface area contributed by atoms with Gasteiger partial charge in [0.1, 0.15) is 11.0 Å². The summed E-state index contributed by atoms with van der Waals surface area (Å²) in [7, 11) is 1.64. The van der Waals surface area contributed by atoms with Crippen molar-refractivity contribution in [2.45, 2.75) is 35.8 Å². The Morgan fingerprint density at radius 3 is 2.61 bits per heavy atom. The Morgan fingerprint density at radius 2 is 1.93 bits per heavy atom. The number of carbonyl (C=O) groups excluding carboxylic acids is 1. The van der Waals surface area contributed by atoms with Crippen LogP contribution in [-0.4, -0.2) is 29.3 Å². The molecule has 1 aromatic heterocycles. The van der Waals surface area contributed by atoms with Crippen molar-refractivity contribution in [3.63, 3.8) is 0 Å². The second-order valence-corrected chi connectivity index (χ2v) is 7.73. The van der Waals surface area contributed by atoms with Crippen molar-refractivity contribution in [2.75, 3.05) is 7.11 Å². The van der Waals surface area contributed by atoms with Crippen molar-refractivity contribution in [3.05, 3.63) is 71.6 Å². The van der Waals surface area contributed by atoms with E-state index in [0.717, 1.165) is 29.7 Å². The molecule has 1 amide bonds. The molecule has 7 heteroatoms. The molecule has 1 unspecified atom stereocenters. The molecule has 28 heavy (non-hydrogen) atoms. The molecule has 0 saturated heterocycles. The van der Waals surface area contributed by atoms with Crippen LogP contribution in [0.2, 0.25) is 0 Å². The van der Waals surface area contributed by atoms with E-state index in [1.165, 1.54) is 11.8 Å². The number of nitrogens with one attached hydrogen (secondary N) is 1. The molecule has 1 aliphatic rings. The Kier molecular flexibility index (Phi) is 5.62. The number of benzene rings is 2. The zero-order valence-corrected chi connectivity index (χ0v) is 16.3. The fourth-order valence-electron chi connectivity index (χ4n) is 2.78. The van der Waals surface area contributed by atoms with Crippen LogP contribution in [-0.2, 0) is 11.2 Å². The average molecular weight is 395 g/mol. The molecule has 0 bridgehead atoms. The van der Waals surface area contributed by atoms with Gasteiger partial charge in [-0.1, -0.05) is 42.5 Å². The molecule has 4 rings (SSSR count). The number of amides is 1. The minimum absolute atomic E-state index is 0.0198. The summed E-state index contributed by atoms with van der Waals surface area (Å²) in [6.45, 7) is 0. The molecule has 2 aromatic carbocycles. The summed E-state index contributed by atoms with van der Waals surface area (Å²) in [4.78, 5) is 12.7. The third kappa shape index (κ3) is 4.72. The predicted molar refractivity (Wildman–Crippen MR) is 106 cm³/mol. The summed E-state index contributed by atoms with van der Waals surface area (Å²) < 4.78 is 11.0. The van der Waals surface area contributed by atoms with Gasteiger partial charge in [-0.15, -0.1) is 10.2 Å². The summed E-state index contributed by atoms with van der Waals surface area (Å²) in [6.07, 6.45) is 2.62. The average Bonchev–Trinajstić information content (AvgIpc) is 3.44. The van der Waals surface area contributed by atoms with Gasteiger partial charge in [0, 0.05) is 6.04 Å². The van der Waals surface area contributed by atoms with E-state index in [4.69, 9.17) is 9.15 Å². The lowest BCUT2D eigenvalue weighted by atomic mass is 10.1. The van der Waals surface area contributed by atoms with Gasteiger partial charge in [0.05, 0.1) is 13.5 Å². The van der Waals surface area contributed by atoms with E-state index in [2.05, 4.69) is 15.5 Å². The summed E-state index contributed by atoms with van der Waals surface area (Å²) in [5.74, 6) is 1.30. The topological polar surface area (TPSA) is 77.2 Å². The molecule has 6 nitrogen and oxygen atoms in total. The maximum absolute atomic E-state index is 12.7. The van der Waals surface area contributed by atoms with Gasteiger partial charge in [-0.3, -0.25) is 4.79 Å². The Hall–Kier alpha value is -2.80. The largest absolute Gasteiger partial charge is 0.497 e. The SMILES string of the molecule is COc1ccc(Cc2nnc(SC(C(=O)NC3CC3)c3ccccc3)o2)cc1. The monoisotopic (exact) mass is 395 g/mol. The van der Waals surface area contributed by atoms with E-state index in [-0.39, 0.29) is 5.91 Å². The molecule has 1 saturated carbocycles. The van der Waals surface area contributed by atoms with E-state index >= 15 is 0 Å². The number of aromatic nitrogens is 2. The van der Waals surface area contributed by atoms with E-state index in [9.17, 15) is 4.79 Å². The maximum Gasteiger partial charge on any atom is 0.277 e. The van der Waals surface area contributed by atoms with E-state index < -0.39 is 5.25 Å². The molecule has 1 aliphatic carbocycles. The highest BCUT2D eigenvalue weighted by atomic mass is 32.2. The first-order valence-corrected chi connectivity index (χ1v) is 10.1. The van der Waals surface area contributed by atoms with E-state index in [1.54, 1.807) is 7.11 Å². The zero-order chi connectivity index (χ0) is 19.3. The summed E-state index contributed by atoms with van der Waals surface area (Å²) >= 11 is 1.28. The number of hydrogen-bond donors (Lipinski definition) is 1. The van der Waals surface area contributed by atoms with Crippen molar-refractivity contribution < 1.29 is 13.9 Å². The second-order valence-electron chi connectivity index (χ2n) is 6.68. The van der Waals surface area contributed by atoms with Crippen LogP contribution in [0.1, 0.15) is 35.1 Å². The van der Waals surface area contributed by atoms with Crippen LogP contribution in [0.4, 0.5) is 0 Å². The Bertz CT molecular complexity index is 924. The summed E-state index contributed by atoms with van der Waals surface area (Å²) in [5, 5.41) is 11.3. The fourth-order valence-corrected chi connectivity index (χ4v) is 3.68. The summed E-state index contributed by atoms with van der Waals surface area (Å²) in [5.41, 5.74) is 1.97. The lowest BCUT2D eigenvalue weighted by molar-refractivity contribution is -0.120. The van der Waals surface area contributed by atoms with Crippen molar-refractivity contribution in [1.82, 2.24) is 15.5 Å². The Morgan fingerprint density at radius 1 is 1.18 bits per heavy atom. The van der Waals surface area contributed by atoms with Gasteiger partial charge in [-0.25, -0.2) is 0 Å². The highest BCUT2D eigenvalue weighted by Gasteiger charge is 2.30. The quantitative estimate of drug-likeness (QED) is 0.585. The first-order chi connectivity index (χ1) is 13.7. The molecule has 1 fully saturated rings. The van der Waals surface area contributed by atoms with Crippen LogP contribution >= 0.6 is 11.8 Å². The second kappa shape index (κ2) is 8.48. The number of carbonyl (C=O) groups is 1. The normalized spacial score (nSPS) is 14.5. The number of nitrogens with zero attached hydrogens (tertiary/aromatic N) is 2. The van der Waals surface area contributed by atoms with Crippen LogP contribution in [0.5, 0.6) is 5.75 Å². The van der Waals surface area contributed by atoms with Gasteiger partial charge in [0.2, 0.25) is 11.8 Å². The van der Waals surface area contributed by atoms with Crippen molar-refractivity contribution >= 4 is 17.7 Å². The fraction of sp³-hybridized carbons (Fsp3) is 0.286. The highest BCUT2D eigenvalue weighted by Crippen LogP contribution is 2.35. The number of hydrogen-bond acceptors (Lipinski definition) is 6. The van der Waals surface area contributed by atoms with Gasteiger partial charge in [-0.05, 0) is 47.9 Å². The lowest BCUT2D eigenvalue weighted by Gasteiger charge is -2.14.